The Morgan fingerprint density at radius 2 is 1.05 bits per heavy atom. The van der Waals surface area contributed by atoms with Crippen LogP contribution in [0.25, 0.3) is 12.2 Å². The Kier molecular flexibility index (Phi) is 4.35. The molecule has 3 heteroatoms. The van der Waals surface area contributed by atoms with Crippen molar-refractivity contribution < 1.29 is 4.79 Å². The summed E-state index contributed by atoms with van der Waals surface area (Å²) in [4.78, 5) is 11.7. The number of benzene rings is 2. The monoisotopic (exact) mass is 264 g/mol. The van der Waals surface area contributed by atoms with Crippen LogP contribution in [0, 0.1) is 0 Å². The van der Waals surface area contributed by atoms with Crippen LogP contribution in [-0.4, -0.2) is 5.78 Å². The second kappa shape index (κ2) is 6.38. The third-order valence-electron chi connectivity index (χ3n) is 2.75. The summed E-state index contributed by atoms with van der Waals surface area (Å²) in [5.74, 6) is -0.0707. The van der Waals surface area contributed by atoms with Gasteiger partial charge in [0.1, 0.15) is 0 Å². The molecule has 20 heavy (non-hydrogen) atoms. The molecule has 3 nitrogen and oxygen atoms in total. The van der Waals surface area contributed by atoms with Crippen LogP contribution in [-0.2, 0) is 4.79 Å². The van der Waals surface area contributed by atoms with Crippen LogP contribution in [0.2, 0.25) is 0 Å². The number of nitrogen functional groups attached to an aromatic ring is 2. The molecule has 0 aliphatic carbocycles. The standard InChI is InChI=1S/C17H16N2O/c18-15-7-1-13(2-8-15)5-11-17(20)12-6-14-3-9-16(19)10-4-14/h1-12H,18-19H2. The van der Waals surface area contributed by atoms with E-state index in [4.69, 9.17) is 11.5 Å². The number of hydrogen-bond donors (Lipinski definition) is 2. The van der Waals surface area contributed by atoms with Crippen LogP contribution in [0.15, 0.2) is 60.7 Å². The number of anilines is 2. The van der Waals surface area contributed by atoms with E-state index in [1.807, 2.05) is 24.3 Å². The second-order valence-electron chi connectivity index (χ2n) is 4.40. The lowest BCUT2D eigenvalue weighted by Gasteiger charge is -1.95. The highest BCUT2D eigenvalue weighted by molar-refractivity contribution is 6.04. The lowest BCUT2D eigenvalue weighted by molar-refractivity contribution is -0.110. The number of ketones is 1. The van der Waals surface area contributed by atoms with Crippen molar-refractivity contribution in [1.29, 1.82) is 0 Å². The Balaban J connectivity index is 1.98. The number of allylic oxidation sites excluding steroid dienone is 2. The smallest absolute Gasteiger partial charge is 0.178 e. The summed E-state index contributed by atoms with van der Waals surface area (Å²) in [6.45, 7) is 0. The van der Waals surface area contributed by atoms with Gasteiger partial charge in [0.2, 0.25) is 0 Å². The molecule has 0 fully saturated rings. The Labute approximate surface area is 118 Å². The lowest BCUT2D eigenvalue weighted by Crippen LogP contribution is -1.86. The summed E-state index contributed by atoms with van der Waals surface area (Å²) >= 11 is 0. The normalized spacial score (nSPS) is 11.2. The SMILES string of the molecule is Nc1ccc(C=CC(=O)C=Cc2ccc(N)cc2)cc1. The maximum Gasteiger partial charge on any atom is 0.178 e. The molecule has 100 valence electrons. The van der Waals surface area contributed by atoms with Crippen LogP contribution in [0.5, 0.6) is 0 Å². The van der Waals surface area contributed by atoms with Crippen LogP contribution in [0.4, 0.5) is 11.4 Å². The van der Waals surface area contributed by atoms with Crippen molar-refractivity contribution in [3.63, 3.8) is 0 Å². The van der Waals surface area contributed by atoms with Gasteiger partial charge in [-0.15, -0.1) is 0 Å². The van der Waals surface area contributed by atoms with E-state index in [9.17, 15) is 4.79 Å². The van der Waals surface area contributed by atoms with Crippen molar-refractivity contribution in [2.75, 3.05) is 11.5 Å². The van der Waals surface area contributed by atoms with Gasteiger partial charge in [0.15, 0.2) is 5.78 Å². The van der Waals surface area contributed by atoms with Gasteiger partial charge >= 0.3 is 0 Å². The number of hydrogen-bond acceptors (Lipinski definition) is 3. The molecular weight excluding hydrogens is 248 g/mol. The summed E-state index contributed by atoms with van der Waals surface area (Å²) in [5.41, 5.74) is 14.5. The molecule has 0 spiro atoms. The third kappa shape index (κ3) is 4.14. The van der Waals surface area contributed by atoms with Gasteiger partial charge in [-0.2, -0.15) is 0 Å². The van der Waals surface area contributed by atoms with Gasteiger partial charge in [-0.3, -0.25) is 4.79 Å². The van der Waals surface area contributed by atoms with Gasteiger partial charge in [-0.25, -0.2) is 0 Å². The Hall–Kier alpha value is -2.81. The predicted octanol–water partition coefficient (Wildman–Crippen LogP) is 3.15. The predicted molar refractivity (Wildman–Crippen MR) is 84.8 cm³/mol. The first kappa shape index (κ1) is 13.6. The number of nitrogens with two attached hydrogens (primary N) is 2. The van der Waals surface area contributed by atoms with E-state index in [2.05, 4.69) is 0 Å². The van der Waals surface area contributed by atoms with Gasteiger partial charge in [0.25, 0.3) is 0 Å². The highest BCUT2D eigenvalue weighted by Gasteiger charge is 1.92. The zero-order valence-electron chi connectivity index (χ0n) is 11.0. The molecule has 0 unspecified atom stereocenters. The summed E-state index contributed by atoms with van der Waals surface area (Å²) < 4.78 is 0. The average molecular weight is 264 g/mol. The molecule has 0 amide bonds. The molecule has 0 aromatic heterocycles. The van der Waals surface area contributed by atoms with Gasteiger partial charge in [-0.05, 0) is 47.5 Å². The molecular formula is C17H16N2O. The molecule has 0 heterocycles. The maximum atomic E-state index is 11.7. The highest BCUT2D eigenvalue weighted by atomic mass is 16.1. The molecule has 2 rings (SSSR count). The number of rotatable bonds is 4. The minimum absolute atomic E-state index is 0.0707. The van der Waals surface area contributed by atoms with Gasteiger partial charge in [0.05, 0.1) is 0 Å². The molecule has 4 N–H and O–H groups in total. The Bertz CT molecular complexity index is 580. The first-order chi connectivity index (χ1) is 9.63. The Morgan fingerprint density at radius 3 is 1.40 bits per heavy atom. The zero-order chi connectivity index (χ0) is 14.4. The van der Waals surface area contributed by atoms with Crippen molar-refractivity contribution in [3.05, 3.63) is 71.8 Å². The molecule has 2 aromatic rings. The van der Waals surface area contributed by atoms with Gasteiger partial charge < -0.3 is 11.5 Å². The lowest BCUT2D eigenvalue weighted by atomic mass is 10.1. The van der Waals surface area contributed by atoms with E-state index < -0.39 is 0 Å². The first-order valence-corrected chi connectivity index (χ1v) is 6.25. The van der Waals surface area contributed by atoms with E-state index in [0.717, 1.165) is 11.1 Å². The van der Waals surface area contributed by atoms with Crippen molar-refractivity contribution >= 4 is 29.3 Å². The van der Waals surface area contributed by atoms with Gasteiger partial charge in [0, 0.05) is 11.4 Å². The van der Waals surface area contributed by atoms with Crippen LogP contribution in [0.3, 0.4) is 0 Å². The quantitative estimate of drug-likeness (QED) is 0.658. The number of carbonyl (C=O) groups excluding carboxylic acids is 1. The van der Waals surface area contributed by atoms with Crippen LogP contribution >= 0.6 is 0 Å². The fraction of sp³-hybridized carbons (Fsp3) is 0. The van der Waals surface area contributed by atoms with Crippen molar-refractivity contribution in [3.8, 4) is 0 Å². The summed E-state index contributed by atoms with van der Waals surface area (Å²) in [6, 6.07) is 14.7. The first-order valence-electron chi connectivity index (χ1n) is 6.25. The van der Waals surface area contributed by atoms with Crippen LogP contribution < -0.4 is 11.5 Å². The summed E-state index contributed by atoms with van der Waals surface area (Å²) in [7, 11) is 0. The maximum absolute atomic E-state index is 11.7. The molecule has 0 aliphatic heterocycles. The number of carbonyl (C=O) groups is 1. The van der Waals surface area contributed by atoms with E-state index in [1.165, 1.54) is 12.2 Å². The van der Waals surface area contributed by atoms with Gasteiger partial charge in [-0.1, -0.05) is 36.4 Å². The third-order valence-corrected chi connectivity index (χ3v) is 2.75. The van der Waals surface area contributed by atoms with E-state index in [-0.39, 0.29) is 5.78 Å². The Morgan fingerprint density at radius 1 is 0.700 bits per heavy atom. The van der Waals surface area contributed by atoms with Crippen LogP contribution in [0.1, 0.15) is 11.1 Å². The van der Waals surface area contributed by atoms with E-state index in [0.29, 0.717) is 11.4 Å². The van der Waals surface area contributed by atoms with Crippen molar-refractivity contribution in [2.24, 2.45) is 0 Å². The highest BCUT2D eigenvalue weighted by Crippen LogP contribution is 2.08. The van der Waals surface area contributed by atoms with E-state index in [1.54, 1.807) is 36.4 Å². The second-order valence-corrected chi connectivity index (χ2v) is 4.40. The topological polar surface area (TPSA) is 69.1 Å². The minimum Gasteiger partial charge on any atom is -0.399 e. The average Bonchev–Trinajstić information content (AvgIpc) is 2.46. The molecule has 0 radical (unpaired) electrons. The van der Waals surface area contributed by atoms with Crippen molar-refractivity contribution in [1.82, 2.24) is 0 Å². The molecule has 0 aliphatic rings. The molecule has 0 atom stereocenters. The molecule has 0 saturated carbocycles. The minimum atomic E-state index is -0.0707. The molecule has 0 bridgehead atoms. The largest absolute Gasteiger partial charge is 0.399 e. The fourth-order valence-electron chi connectivity index (χ4n) is 1.63. The zero-order valence-corrected chi connectivity index (χ0v) is 11.0. The van der Waals surface area contributed by atoms with E-state index >= 15 is 0 Å². The van der Waals surface area contributed by atoms with Crippen molar-refractivity contribution in [2.45, 2.75) is 0 Å². The summed E-state index contributed by atoms with van der Waals surface area (Å²) in [6.07, 6.45) is 6.57. The molecule has 0 saturated heterocycles. The molecule has 2 aromatic carbocycles. The summed E-state index contributed by atoms with van der Waals surface area (Å²) in [5, 5.41) is 0. The fourth-order valence-corrected chi connectivity index (χ4v) is 1.63.